The standard InChI is InChI=1S/C13H9ClN4O3/c14-7-5-9-6(4-12(20)15-9)3-10(7)16-13(21)8-1-2-11(19)18-17-8/h1-3,5H,4H2,(H,15,20)(H,16,21)(H,18,19). The number of anilines is 2. The first-order valence-electron chi connectivity index (χ1n) is 6.02. The molecule has 0 fully saturated rings. The molecule has 3 N–H and O–H groups in total. The lowest BCUT2D eigenvalue weighted by Crippen LogP contribution is -2.17. The average Bonchev–Trinajstić information content (AvgIpc) is 2.79. The number of nitrogens with zero attached hydrogens (tertiary/aromatic N) is 1. The minimum absolute atomic E-state index is 0.0559. The number of hydrogen-bond acceptors (Lipinski definition) is 4. The Morgan fingerprint density at radius 3 is 2.81 bits per heavy atom. The second-order valence-electron chi connectivity index (χ2n) is 4.47. The van der Waals surface area contributed by atoms with Crippen molar-refractivity contribution in [3.63, 3.8) is 0 Å². The van der Waals surface area contributed by atoms with Gasteiger partial charge in [0.05, 0.1) is 17.1 Å². The number of fused-ring (bicyclic) bond motifs is 1. The van der Waals surface area contributed by atoms with Crippen molar-refractivity contribution in [3.8, 4) is 0 Å². The molecule has 1 aliphatic rings. The van der Waals surface area contributed by atoms with Gasteiger partial charge in [0.1, 0.15) is 5.69 Å². The maximum Gasteiger partial charge on any atom is 0.276 e. The average molecular weight is 305 g/mol. The highest BCUT2D eigenvalue weighted by molar-refractivity contribution is 6.34. The largest absolute Gasteiger partial charge is 0.325 e. The van der Waals surface area contributed by atoms with Gasteiger partial charge in [0.15, 0.2) is 0 Å². The SMILES string of the molecule is O=C1Cc2cc(NC(=O)c3ccc(=O)[nH]n3)c(Cl)cc2N1. The van der Waals surface area contributed by atoms with E-state index in [1.165, 1.54) is 12.1 Å². The van der Waals surface area contributed by atoms with E-state index in [9.17, 15) is 14.4 Å². The van der Waals surface area contributed by atoms with Crippen molar-refractivity contribution in [2.24, 2.45) is 0 Å². The fraction of sp³-hybridized carbons (Fsp3) is 0.0769. The van der Waals surface area contributed by atoms with E-state index in [0.29, 0.717) is 16.4 Å². The van der Waals surface area contributed by atoms with Gasteiger partial charge >= 0.3 is 0 Å². The molecule has 0 saturated carbocycles. The van der Waals surface area contributed by atoms with Crippen LogP contribution in [0.5, 0.6) is 0 Å². The Hall–Kier alpha value is -2.67. The fourth-order valence-corrected chi connectivity index (χ4v) is 2.21. The molecular formula is C13H9ClN4O3. The molecule has 2 heterocycles. The van der Waals surface area contributed by atoms with E-state index < -0.39 is 11.5 Å². The normalized spacial score (nSPS) is 12.7. The highest BCUT2D eigenvalue weighted by Crippen LogP contribution is 2.32. The summed E-state index contributed by atoms with van der Waals surface area (Å²) in [7, 11) is 0. The minimum atomic E-state index is -0.509. The topological polar surface area (TPSA) is 104 Å². The van der Waals surface area contributed by atoms with Gasteiger partial charge in [-0.15, -0.1) is 0 Å². The monoisotopic (exact) mass is 304 g/mol. The van der Waals surface area contributed by atoms with Gasteiger partial charge in [-0.3, -0.25) is 14.4 Å². The number of carbonyl (C=O) groups is 2. The third-order valence-electron chi connectivity index (χ3n) is 2.98. The Bertz CT molecular complexity index is 795. The highest BCUT2D eigenvalue weighted by atomic mass is 35.5. The maximum atomic E-state index is 12.0. The van der Waals surface area contributed by atoms with Crippen LogP contribution in [0.2, 0.25) is 5.02 Å². The number of benzene rings is 1. The first-order chi connectivity index (χ1) is 10.0. The van der Waals surface area contributed by atoms with Crippen molar-refractivity contribution >= 4 is 34.8 Å². The lowest BCUT2D eigenvalue weighted by atomic mass is 10.1. The molecule has 0 spiro atoms. The van der Waals surface area contributed by atoms with Crippen LogP contribution in [-0.2, 0) is 11.2 Å². The highest BCUT2D eigenvalue weighted by Gasteiger charge is 2.20. The van der Waals surface area contributed by atoms with E-state index in [0.717, 1.165) is 5.56 Å². The van der Waals surface area contributed by atoms with Crippen LogP contribution in [0.1, 0.15) is 16.1 Å². The summed E-state index contributed by atoms with van der Waals surface area (Å²) in [6.45, 7) is 0. The molecule has 1 aromatic carbocycles. The third kappa shape index (κ3) is 2.63. The van der Waals surface area contributed by atoms with Crippen LogP contribution >= 0.6 is 11.6 Å². The number of halogens is 1. The zero-order valence-electron chi connectivity index (χ0n) is 10.6. The van der Waals surface area contributed by atoms with Crippen molar-refractivity contribution in [2.45, 2.75) is 6.42 Å². The van der Waals surface area contributed by atoms with Crippen molar-refractivity contribution in [1.82, 2.24) is 10.2 Å². The van der Waals surface area contributed by atoms with E-state index in [2.05, 4.69) is 20.8 Å². The Morgan fingerprint density at radius 1 is 1.29 bits per heavy atom. The summed E-state index contributed by atoms with van der Waals surface area (Å²) in [5.41, 5.74) is 1.44. The summed E-state index contributed by atoms with van der Waals surface area (Å²) in [5.74, 6) is -0.628. The third-order valence-corrected chi connectivity index (χ3v) is 3.29. The van der Waals surface area contributed by atoms with Gasteiger partial charge in [-0.1, -0.05) is 11.6 Å². The lowest BCUT2D eigenvalue weighted by molar-refractivity contribution is -0.115. The molecule has 0 atom stereocenters. The summed E-state index contributed by atoms with van der Waals surface area (Å²) in [6.07, 6.45) is 0.242. The van der Waals surface area contributed by atoms with Crippen LogP contribution < -0.4 is 16.2 Å². The predicted octanol–water partition coefficient (Wildman–Crippen LogP) is 1.17. The van der Waals surface area contributed by atoms with E-state index in [1.54, 1.807) is 12.1 Å². The van der Waals surface area contributed by atoms with E-state index in [-0.39, 0.29) is 18.0 Å². The molecule has 2 amide bonds. The van der Waals surface area contributed by atoms with Crippen LogP contribution in [-0.4, -0.2) is 22.0 Å². The first-order valence-corrected chi connectivity index (χ1v) is 6.40. The summed E-state index contributed by atoms with van der Waals surface area (Å²) >= 11 is 6.07. The fourth-order valence-electron chi connectivity index (χ4n) is 2.00. The number of nitrogens with one attached hydrogen (secondary N) is 3. The molecule has 8 heteroatoms. The van der Waals surface area contributed by atoms with Crippen LogP contribution in [0.4, 0.5) is 11.4 Å². The molecular weight excluding hydrogens is 296 g/mol. The van der Waals surface area contributed by atoms with Crippen LogP contribution in [0.15, 0.2) is 29.1 Å². The summed E-state index contributed by atoms with van der Waals surface area (Å²) < 4.78 is 0. The van der Waals surface area contributed by atoms with Crippen molar-refractivity contribution in [3.05, 3.63) is 50.9 Å². The van der Waals surface area contributed by atoms with Crippen molar-refractivity contribution in [1.29, 1.82) is 0 Å². The van der Waals surface area contributed by atoms with Gasteiger partial charge in [-0.25, -0.2) is 5.10 Å². The second-order valence-corrected chi connectivity index (χ2v) is 4.88. The molecule has 2 aromatic rings. The van der Waals surface area contributed by atoms with E-state index in [1.807, 2.05) is 0 Å². The van der Waals surface area contributed by atoms with Crippen molar-refractivity contribution < 1.29 is 9.59 Å². The molecule has 0 unspecified atom stereocenters. The van der Waals surface area contributed by atoms with Gasteiger partial charge in [-0.05, 0) is 23.8 Å². The number of rotatable bonds is 2. The molecule has 0 saturated heterocycles. The Balaban J connectivity index is 1.87. The second kappa shape index (κ2) is 5.02. The molecule has 21 heavy (non-hydrogen) atoms. The number of carbonyl (C=O) groups excluding carboxylic acids is 2. The van der Waals surface area contributed by atoms with Crippen molar-refractivity contribution in [2.75, 3.05) is 10.6 Å². The molecule has 3 rings (SSSR count). The van der Waals surface area contributed by atoms with Gasteiger partial charge in [0, 0.05) is 11.8 Å². The maximum absolute atomic E-state index is 12.0. The number of aromatic amines is 1. The Labute approximate surface area is 123 Å². The summed E-state index contributed by atoms with van der Waals surface area (Å²) in [4.78, 5) is 34.2. The number of amides is 2. The summed E-state index contributed by atoms with van der Waals surface area (Å²) in [5, 5.41) is 11.4. The van der Waals surface area contributed by atoms with Crippen LogP contribution in [0.25, 0.3) is 0 Å². The smallest absolute Gasteiger partial charge is 0.276 e. The summed E-state index contributed by atoms with van der Waals surface area (Å²) in [6, 6.07) is 5.73. The van der Waals surface area contributed by atoms with Gasteiger partial charge in [0.2, 0.25) is 5.91 Å². The lowest BCUT2D eigenvalue weighted by Gasteiger charge is -2.08. The quantitative estimate of drug-likeness (QED) is 0.774. The molecule has 0 bridgehead atoms. The first kappa shape index (κ1) is 13.3. The predicted molar refractivity (Wildman–Crippen MR) is 76.6 cm³/mol. The van der Waals surface area contributed by atoms with E-state index >= 15 is 0 Å². The van der Waals surface area contributed by atoms with Gasteiger partial charge in [0.25, 0.3) is 11.5 Å². The van der Waals surface area contributed by atoms with Crippen LogP contribution in [0, 0.1) is 0 Å². The molecule has 1 aliphatic heterocycles. The molecule has 0 radical (unpaired) electrons. The number of hydrogen-bond donors (Lipinski definition) is 3. The molecule has 1 aromatic heterocycles. The van der Waals surface area contributed by atoms with Crippen LogP contribution in [0.3, 0.4) is 0 Å². The molecule has 0 aliphatic carbocycles. The minimum Gasteiger partial charge on any atom is -0.325 e. The molecule has 7 nitrogen and oxygen atoms in total. The van der Waals surface area contributed by atoms with Gasteiger partial charge in [-0.2, -0.15) is 5.10 Å². The zero-order chi connectivity index (χ0) is 15.0. The van der Waals surface area contributed by atoms with E-state index in [4.69, 9.17) is 11.6 Å². The number of H-pyrrole nitrogens is 1. The zero-order valence-corrected chi connectivity index (χ0v) is 11.3. The van der Waals surface area contributed by atoms with Gasteiger partial charge < -0.3 is 10.6 Å². The number of aromatic nitrogens is 2. The Morgan fingerprint density at radius 2 is 2.10 bits per heavy atom. The Kier molecular flexibility index (Phi) is 3.19. The molecule has 106 valence electrons.